The molecule has 2 rings (SSSR count). The van der Waals surface area contributed by atoms with Crippen molar-refractivity contribution in [2.75, 3.05) is 13.7 Å². The second kappa shape index (κ2) is 5.71. The molecule has 0 saturated heterocycles. The fourth-order valence-corrected chi connectivity index (χ4v) is 2.04. The SMILES string of the molecule is COc1ccc2cccc([C@@H](O)CNC(C)=O)c2c1. The molecular weight excluding hydrogens is 242 g/mol. The highest BCUT2D eigenvalue weighted by Crippen LogP contribution is 2.27. The molecule has 1 atom stereocenters. The summed E-state index contributed by atoms with van der Waals surface area (Å²) in [5.74, 6) is 0.587. The van der Waals surface area contributed by atoms with Crippen molar-refractivity contribution in [3.8, 4) is 5.75 Å². The van der Waals surface area contributed by atoms with E-state index in [9.17, 15) is 9.90 Å². The van der Waals surface area contributed by atoms with Crippen LogP contribution in [-0.2, 0) is 4.79 Å². The Balaban J connectivity index is 2.38. The molecule has 19 heavy (non-hydrogen) atoms. The van der Waals surface area contributed by atoms with Crippen LogP contribution in [0.1, 0.15) is 18.6 Å². The van der Waals surface area contributed by atoms with E-state index in [-0.39, 0.29) is 12.5 Å². The first-order valence-corrected chi connectivity index (χ1v) is 6.11. The predicted octanol–water partition coefficient (Wildman–Crippen LogP) is 2.02. The van der Waals surface area contributed by atoms with Crippen LogP contribution in [0.25, 0.3) is 10.8 Å². The third-order valence-corrected chi connectivity index (χ3v) is 3.03. The standard InChI is InChI=1S/C15H17NO3/c1-10(17)16-9-15(18)13-5-3-4-11-6-7-12(19-2)8-14(11)13/h3-8,15,18H,9H2,1-2H3,(H,16,17)/t15-/m0/s1. The highest BCUT2D eigenvalue weighted by molar-refractivity contribution is 5.87. The van der Waals surface area contributed by atoms with Gasteiger partial charge in [-0.1, -0.05) is 24.3 Å². The molecule has 0 radical (unpaired) electrons. The summed E-state index contributed by atoms with van der Waals surface area (Å²) in [6, 6.07) is 11.4. The van der Waals surface area contributed by atoms with Gasteiger partial charge in [-0.25, -0.2) is 0 Å². The Morgan fingerprint density at radius 1 is 1.37 bits per heavy atom. The Labute approximate surface area is 112 Å². The number of rotatable bonds is 4. The summed E-state index contributed by atoms with van der Waals surface area (Å²) < 4.78 is 5.20. The van der Waals surface area contributed by atoms with E-state index in [4.69, 9.17) is 4.74 Å². The number of carbonyl (C=O) groups excluding carboxylic acids is 1. The molecule has 0 heterocycles. The smallest absolute Gasteiger partial charge is 0.216 e. The second-order valence-electron chi connectivity index (χ2n) is 4.39. The minimum absolute atomic E-state index is 0.156. The Kier molecular flexibility index (Phi) is 4.02. The molecule has 100 valence electrons. The Morgan fingerprint density at radius 3 is 2.84 bits per heavy atom. The van der Waals surface area contributed by atoms with Crippen molar-refractivity contribution in [1.29, 1.82) is 0 Å². The van der Waals surface area contributed by atoms with Crippen molar-refractivity contribution in [3.05, 3.63) is 42.0 Å². The van der Waals surface area contributed by atoms with Crippen LogP contribution in [0.15, 0.2) is 36.4 Å². The lowest BCUT2D eigenvalue weighted by Gasteiger charge is -2.14. The van der Waals surface area contributed by atoms with Gasteiger partial charge in [-0.2, -0.15) is 0 Å². The Bertz CT molecular complexity index is 595. The second-order valence-corrected chi connectivity index (χ2v) is 4.39. The van der Waals surface area contributed by atoms with Gasteiger partial charge >= 0.3 is 0 Å². The number of carbonyl (C=O) groups is 1. The number of hydrogen-bond donors (Lipinski definition) is 2. The molecule has 0 fully saturated rings. The third kappa shape index (κ3) is 3.03. The van der Waals surface area contributed by atoms with E-state index in [0.29, 0.717) is 0 Å². The average molecular weight is 259 g/mol. The van der Waals surface area contributed by atoms with Crippen LogP contribution in [0, 0.1) is 0 Å². The van der Waals surface area contributed by atoms with Crippen molar-refractivity contribution in [2.45, 2.75) is 13.0 Å². The van der Waals surface area contributed by atoms with Crippen LogP contribution in [-0.4, -0.2) is 24.7 Å². The van der Waals surface area contributed by atoms with Crippen LogP contribution >= 0.6 is 0 Å². The van der Waals surface area contributed by atoms with Gasteiger partial charge in [0.15, 0.2) is 0 Å². The fourth-order valence-electron chi connectivity index (χ4n) is 2.04. The molecule has 0 bridgehead atoms. The maximum absolute atomic E-state index is 10.9. The first-order valence-electron chi connectivity index (χ1n) is 6.11. The van der Waals surface area contributed by atoms with Crippen LogP contribution in [0.4, 0.5) is 0 Å². The molecule has 0 aliphatic carbocycles. The van der Waals surface area contributed by atoms with Gasteiger partial charge in [0.2, 0.25) is 5.91 Å². The molecule has 0 aliphatic heterocycles. The highest BCUT2D eigenvalue weighted by atomic mass is 16.5. The van der Waals surface area contributed by atoms with E-state index in [1.165, 1.54) is 6.92 Å². The number of aliphatic hydroxyl groups is 1. The number of hydrogen-bond acceptors (Lipinski definition) is 3. The normalized spacial score (nSPS) is 12.2. The molecule has 2 aromatic carbocycles. The summed E-state index contributed by atoms with van der Waals surface area (Å²) in [6.45, 7) is 1.63. The maximum atomic E-state index is 10.9. The number of aliphatic hydroxyl groups excluding tert-OH is 1. The monoisotopic (exact) mass is 259 g/mol. The first-order chi connectivity index (χ1) is 9.11. The molecule has 0 aliphatic rings. The van der Waals surface area contributed by atoms with Crippen molar-refractivity contribution in [2.24, 2.45) is 0 Å². The molecule has 0 aromatic heterocycles. The number of fused-ring (bicyclic) bond motifs is 1. The zero-order valence-electron chi connectivity index (χ0n) is 11.0. The highest BCUT2D eigenvalue weighted by Gasteiger charge is 2.12. The molecule has 0 saturated carbocycles. The summed E-state index contributed by atoms with van der Waals surface area (Å²) >= 11 is 0. The number of nitrogens with one attached hydrogen (secondary N) is 1. The lowest BCUT2D eigenvalue weighted by atomic mass is 10.00. The molecule has 0 unspecified atom stereocenters. The summed E-state index contributed by atoms with van der Waals surface area (Å²) in [7, 11) is 1.61. The van der Waals surface area contributed by atoms with Gasteiger partial charge in [-0.05, 0) is 28.5 Å². The topological polar surface area (TPSA) is 58.6 Å². The Hall–Kier alpha value is -2.07. The van der Waals surface area contributed by atoms with Gasteiger partial charge in [0.25, 0.3) is 0 Å². The van der Waals surface area contributed by atoms with Gasteiger partial charge in [0.05, 0.1) is 13.2 Å². The van der Waals surface area contributed by atoms with Gasteiger partial charge in [-0.15, -0.1) is 0 Å². The number of methoxy groups -OCH3 is 1. The summed E-state index contributed by atoms with van der Waals surface area (Å²) in [5, 5.41) is 14.8. The largest absolute Gasteiger partial charge is 0.497 e. The van der Waals surface area contributed by atoms with E-state index in [0.717, 1.165) is 22.1 Å². The minimum Gasteiger partial charge on any atom is -0.497 e. The van der Waals surface area contributed by atoms with Crippen molar-refractivity contribution in [3.63, 3.8) is 0 Å². The van der Waals surface area contributed by atoms with Gasteiger partial charge in [-0.3, -0.25) is 4.79 Å². The molecule has 1 amide bonds. The zero-order chi connectivity index (χ0) is 13.8. The average Bonchev–Trinajstić information content (AvgIpc) is 2.43. The minimum atomic E-state index is -0.736. The quantitative estimate of drug-likeness (QED) is 0.883. The van der Waals surface area contributed by atoms with Crippen LogP contribution in [0.2, 0.25) is 0 Å². The van der Waals surface area contributed by atoms with Crippen LogP contribution in [0.3, 0.4) is 0 Å². The maximum Gasteiger partial charge on any atom is 0.216 e. The van der Waals surface area contributed by atoms with E-state index in [1.807, 2.05) is 36.4 Å². The Morgan fingerprint density at radius 2 is 2.16 bits per heavy atom. The predicted molar refractivity (Wildman–Crippen MR) is 74.1 cm³/mol. The molecule has 0 spiro atoms. The molecular formula is C15H17NO3. The zero-order valence-corrected chi connectivity index (χ0v) is 11.0. The molecule has 2 aromatic rings. The lowest BCUT2D eigenvalue weighted by molar-refractivity contribution is -0.119. The van der Waals surface area contributed by atoms with E-state index < -0.39 is 6.10 Å². The lowest BCUT2D eigenvalue weighted by Crippen LogP contribution is -2.25. The molecule has 4 nitrogen and oxygen atoms in total. The van der Waals surface area contributed by atoms with Crippen molar-refractivity contribution >= 4 is 16.7 Å². The summed E-state index contributed by atoms with van der Waals surface area (Å²) in [6.07, 6.45) is -0.736. The van der Waals surface area contributed by atoms with E-state index >= 15 is 0 Å². The summed E-state index contributed by atoms with van der Waals surface area (Å²) in [4.78, 5) is 10.9. The number of amides is 1. The number of benzene rings is 2. The molecule has 4 heteroatoms. The van der Waals surface area contributed by atoms with E-state index in [1.54, 1.807) is 7.11 Å². The van der Waals surface area contributed by atoms with Crippen LogP contribution < -0.4 is 10.1 Å². The van der Waals surface area contributed by atoms with Gasteiger partial charge < -0.3 is 15.2 Å². The van der Waals surface area contributed by atoms with Crippen LogP contribution in [0.5, 0.6) is 5.75 Å². The van der Waals surface area contributed by atoms with Gasteiger partial charge in [0, 0.05) is 13.5 Å². The van der Waals surface area contributed by atoms with Crippen molar-refractivity contribution < 1.29 is 14.6 Å². The third-order valence-electron chi connectivity index (χ3n) is 3.03. The molecule has 2 N–H and O–H groups in total. The first kappa shape index (κ1) is 13.4. The summed E-state index contributed by atoms with van der Waals surface area (Å²) in [5.41, 5.74) is 0.783. The van der Waals surface area contributed by atoms with E-state index in [2.05, 4.69) is 5.32 Å². The van der Waals surface area contributed by atoms with Gasteiger partial charge in [0.1, 0.15) is 5.75 Å². The fraction of sp³-hybridized carbons (Fsp3) is 0.267. The number of ether oxygens (including phenoxy) is 1. The van der Waals surface area contributed by atoms with Crippen molar-refractivity contribution in [1.82, 2.24) is 5.32 Å².